The van der Waals surface area contributed by atoms with Crippen molar-refractivity contribution in [2.75, 3.05) is 13.2 Å². The van der Waals surface area contributed by atoms with E-state index in [2.05, 4.69) is 23.3 Å². The number of hydrogen-bond donors (Lipinski definition) is 1. The second-order valence-corrected chi connectivity index (χ2v) is 4.96. The minimum absolute atomic E-state index is 0.225. The second kappa shape index (κ2) is 5.54. The second-order valence-electron chi connectivity index (χ2n) is 4.96. The van der Waals surface area contributed by atoms with E-state index >= 15 is 0 Å². The summed E-state index contributed by atoms with van der Waals surface area (Å²) in [4.78, 5) is 4.31. The average molecular weight is 273 g/mol. The van der Waals surface area contributed by atoms with Crippen LogP contribution in [0.25, 0.3) is 0 Å². The predicted molar refractivity (Wildman–Crippen MR) is 75.9 cm³/mol. The topological polar surface area (TPSA) is 48.3 Å². The van der Waals surface area contributed by atoms with Crippen molar-refractivity contribution in [3.05, 3.63) is 42.0 Å². The molecule has 1 unspecified atom stereocenters. The fourth-order valence-electron chi connectivity index (χ4n) is 2.26. The summed E-state index contributed by atoms with van der Waals surface area (Å²) in [5.74, 6) is 2.69. The number of hydrogen-bond acceptors (Lipinski definition) is 4. The van der Waals surface area contributed by atoms with Crippen LogP contribution in [0.4, 0.5) is 0 Å². The number of aromatic nitrogens is 2. The number of fused-ring (bicyclic) bond motifs is 1. The molecule has 0 fully saturated rings. The summed E-state index contributed by atoms with van der Waals surface area (Å²) in [7, 11) is 2.00. The zero-order valence-corrected chi connectivity index (χ0v) is 11.8. The van der Waals surface area contributed by atoms with Crippen LogP contribution in [0.3, 0.4) is 0 Å². The molecule has 0 aliphatic carbocycles. The van der Waals surface area contributed by atoms with Crippen LogP contribution in [-0.4, -0.2) is 22.8 Å². The molecule has 106 valence electrons. The molecule has 1 aliphatic heterocycles. The van der Waals surface area contributed by atoms with E-state index < -0.39 is 0 Å². The molecule has 1 aromatic carbocycles. The van der Waals surface area contributed by atoms with Crippen LogP contribution >= 0.6 is 0 Å². The molecule has 2 heterocycles. The molecular formula is C15H19N3O2. The van der Waals surface area contributed by atoms with E-state index in [-0.39, 0.29) is 6.04 Å². The van der Waals surface area contributed by atoms with Gasteiger partial charge >= 0.3 is 0 Å². The van der Waals surface area contributed by atoms with Crippen molar-refractivity contribution in [3.63, 3.8) is 0 Å². The van der Waals surface area contributed by atoms with Gasteiger partial charge in [0.25, 0.3) is 0 Å². The van der Waals surface area contributed by atoms with Gasteiger partial charge in [-0.05, 0) is 24.6 Å². The zero-order valence-electron chi connectivity index (χ0n) is 11.8. The Hall–Kier alpha value is -2.01. The first-order valence-electron chi connectivity index (χ1n) is 6.83. The molecule has 3 rings (SSSR count). The van der Waals surface area contributed by atoms with Crippen LogP contribution in [-0.2, 0) is 13.6 Å². The van der Waals surface area contributed by atoms with Crippen molar-refractivity contribution in [1.29, 1.82) is 0 Å². The van der Waals surface area contributed by atoms with Crippen molar-refractivity contribution in [3.8, 4) is 11.5 Å². The zero-order chi connectivity index (χ0) is 13.9. The fraction of sp³-hybridized carbons (Fsp3) is 0.400. The first-order valence-corrected chi connectivity index (χ1v) is 6.83. The molecule has 1 aliphatic rings. The maximum atomic E-state index is 5.61. The van der Waals surface area contributed by atoms with Crippen molar-refractivity contribution in [1.82, 2.24) is 14.9 Å². The van der Waals surface area contributed by atoms with Gasteiger partial charge in [0.15, 0.2) is 11.5 Å². The first kappa shape index (κ1) is 13.0. The van der Waals surface area contributed by atoms with E-state index in [1.54, 1.807) is 0 Å². The standard InChI is InChI=1S/C15H19N3O2/c1-11(17-10-15-16-5-6-18(15)2)12-3-4-13-14(9-12)20-8-7-19-13/h3-6,9,11,17H,7-8,10H2,1-2H3. The monoisotopic (exact) mass is 273 g/mol. The van der Waals surface area contributed by atoms with Crippen LogP contribution < -0.4 is 14.8 Å². The SMILES string of the molecule is CC(NCc1nccn1C)c1ccc2c(c1)OCCO2. The van der Waals surface area contributed by atoms with Gasteiger partial charge in [-0.1, -0.05) is 6.07 Å². The van der Waals surface area contributed by atoms with Crippen LogP contribution in [0, 0.1) is 0 Å². The number of rotatable bonds is 4. The highest BCUT2D eigenvalue weighted by atomic mass is 16.6. The summed E-state index contributed by atoms with van der Waals surface area (Å²) in [6, 6.07) is 6.32. The largest absolute Gasteiger partial charge is 0.486 e. The van der Waals surface area contributed by atoms with Crippen molar-refractivity contribution < 1.29 is 9.47 Å². The Kier molecular flexibility index (Phi) is 3.60. The molecule has 0 amide bonds. The average Bonchev–Trinajstić information content (AvgIpc) is 2.89. The predicted octanol–water partition coefficient (Wildman–Crippen LogP) is 2.04. The smallest absolute Gasteiger partial charge is 0.161 e. The summed E-state index contributed by atoms with van der Waals surface area (Å²) in [5.41, 5.74) is 1.18. The molecule has 20 heavy (non-hydrogen) atoms. The molecule has 0 saturated heterocycles. The third-order valence-corrected chi connectivity index (χ3v) is 3.55. The summed E-state index contributed by atoms with van der Waals surface area (Å²) in [5, 5.41) is 3.47. The number of nitrogens with zero attached hydrogens (tertiary/aromatic N) is 2. The van der Waals surface area contributed by atoms with Crippen LogP contribution in [0.1, 0.15) is 24.4 Å². The van der Waals surface area contributed by atoms with Crippen molar-refractivity contribution in [2.45, 2.75) is 19.5 Å². The number of ether oxygens (including phenoxy) is 2. The lowest BCUT2D eigenvalue weighted by atomic mass is 10.1. The molecule has 5 nitrogen and oxygen atoms in total. The molecule has 0 spiro atoms. The Morgan fingerprint density at radius 2 is 2.10 bits per heavy atom. The minimum atomic E-state index is 0.225. The Labute approximate surface area is 118 Å². The lowest BCUT2D eigenvalue weighted by Crippen LogP contribution is -2.21. The first-order chi connectivity index (χ1) is 9.74. The van der Waals surface area contributed by atoms with Gasteiger partial charge in [0.05, 0.1) is 6.54 Å². The summed E-state index contributed by atoms with van der Waals surface area (Å²) in [6.45, 7) is 4.11. The number of imidazole rings is 1. The molecule has 5 heteroatoms. The highest BCUT2D eigenvalue weighted by Crippen LogP contribution is 2.32. The van der Waals surface area contributed by atoms with Gasteiger partial charge < -0.3 is 19.4 Å². The fourth-order valence-corrected chi connectivity index (χ4v) is 2.26. The third-order valence-electron chi connectivity index (χ3n) is 3.55. The van der Waals surface area contributed by atoms with Gasteiger partial charge in [0, 0.05) is 25.5 Å². The Morgan fingerprint density at radius 1 is 1.30 bits per heavy atom. The van der Waals surface area contributed by atoms with Crippen LogP contribution in [0.5, 0.6) is 11.5 Å². The van der Waals surface area contributed by atoms with Crippen molar-refractivity contribution in [2.24, 2.45) is 7.05 Å². The number of aryl methyl sites for hydroxylation is 1. The highest BCUT2D eigenvalue weighted by Gasteiger charge is 2.14. The van der Waals surface area contributed by atoms with Gasteiger partial charge in [-0.25, -0.2) is 4.98 Å². The third kappa shape index (κ3) is 2.63. The normalized spacial score (nSPS) is 15.1. The molecule has 1 N–H and O–H groups in total. The van der Waals surface area contributed by atoms with E-state index in [4.69, 9.17) is 9.47 Å². The maximum Gasteiger partial charge on any atom is 0.161 e. The molecule has 0 bridgehead atoms. The highest BCUT2D eigenvalue weighted by molar-refractivity contribution is 5.44. The Bertz CT molecular complexity index is 595. The Balaban J connectivity index is 1.67. The van der Waals surface area contributed by atoms with Crippen molar-refractivity contribution >= 4 is 0 Å². The molecule has 1 aromatic heterocycles. The molecule has 0 saturated carbocycles. The minimum Gasteiger partial charge on any atom is -0.486 e. The molecule has 1 atom stereocenters. The number of benzene rings is 1. The van der Waals surface area contributed by atoms with Crippen LogP contribution in [0.15, 0.2) is 30.6 Å². The van der Waals surface area contributed by atoms with E-state index in [0.29, 0.717) is 13.2 Å². The van der Waals surface area contributed by atoms with Crippen LogP contribution in [0.2, 0.25) is 0 Å². The van der Waals surface area contributed by atoms with Gasteiger partial charge in [-0.15, -0.1) is 0 Å². The lowest BCUT2D eigenvalue weighted by molar-refractivity contribution is 0.171. The number of nitrogens with one attached hydrogen (secondary N) is 1. The summed E-state index contributed by atoms with van der Waals surface area (Å²) in [6.07, 6.45) is 3.76. The quantitative estimate of drug-likeness (QED) is 0.926. The molecular weight excluding hydrogens is 254 g/mol. The van der Waals surface area contributed by atoms with E-state index in [9.17, 15) is 0 Å². The molecule has 0 radical (unpaired) electrons. The van der Waals surface area contributed by atoms with E-state index in [1.807, 2.05) is 36.1 Å². The lowest BCUT2D eigenvalue weighted by Gasteiger charge is -2.21. The summed E-state index contributed by atoms with van der Waals surface area (Å²) >= 11 is 0. The van der Waals surface area contributed by atoms with Gasteiger partial charge in [-0.2, -0.15) is 0 Å². The van der Waals surface area contributed by atoms with E-state index in [1.165, 1.54) is 5.56 Å². The maximum absolute atomic E-state index is 5.61. The van der Waals surface area contributed by atoms with Gasteiger partial charge in [-0.3, -0.25) is 0 Å². The molecule has 2 aromatic rings. The Morgan fingerprint density at radius 3 is 2.85 bits per heavy atom. The van der Waals surface area contributed by atoms with E-state index in [0.717, 1.165) is 23.9 Å². The van der Waals surface area contributed by atoms with Gasteiger partial charge in [0.2, 0.25) is 0 Å². The van der Waals surface area contributed by atoms with Gasteiger partial charge in [0.1, 0.15) is 19.0 Å². The summed E-state index contributed by atoms with van der Waals surface area (Å²) < 4.78 is 13.2.